The normalized spacial score (nSPS) is 12.4. The van der Waals surface area contributed by atoms with E-state index >= 15 is 0 Å². The molecule has 22 heavy (non-hydrogen) atoms. The largest absolute Gasteiger partial charge is 0.396 e. The summed E-state index contributed by atoms with van der Waals surface area (Å²) in [4.78, 5) is 12.3. The van der Waals surface area contributed by atoms with Gasteiger partial charge >= 0.3 is 0 Å². The summed E-state index contributed by atoms with van der Waals surface area (Å²) in [6.07, 6.45) is 4.22. The van der Waals surface area contributed by atoms with E-state index in [0.717, 1.165) is 5.56 Å². The molecular weight excluding hydrogens is 278 g/mol. The van der Waals surface area contributed by atoms with Gasteiger partial charge in [0.05, 0.1) is 6.54 Å². The predicted molar refractivity (Wildman–Crippen MR) is 85.6 cm³/mol. The quantitative estimate of drug-likeness (QED) is 0.822. The fourth-order valence-electron chi connectivity index (χ4n) is 2.31. The third kappa shape index (κ3) is 4.43. The summed E-state index contributed by atoms with van der Waals surface area (Å²) in [6.45, 7) is 4.83. The molecule has 0 aliphatic rings. The lowest BCUT2D eigenvalue weighted by molar-refractivity contribution is 0.0916. The van der Waals surface area contributed by atoms with E-state index in [1.165, 1.54) is 0 Å². The van der Waals surface area contributed by atoms with Crippen LogP contribution in [-0.4, -0.2) is 33.4 Å². The van der Waals surface area contributed by atoms with Gasteiger partial charge in [-0.3, -0.25) is 9.48 Å². The second-order valence-corrected chi connectivity index (χ2v) is 5.74. The molecule has 2 aromatic rings. The van der Waals surface area contributed by atoms with Gasteiger partial charge in [0.1, 0.15) is 0 Å². The lowest BCUT2D eigenvalue weighted by Gasteiger charge is -2.21. The Morgan fingerprint density at radius 1 is 1.32 bits per heavy atom. The fraction of sp³-hybridized carbons (Fsp3) is 0.412. The highest BCUT2D eigenvalue weighted by Crippen LogP contribution is 2.10. The summed E-state index contributed by atoms with van der Waals surface area (Å²) >= 11 is 0. The molecular formula is C17H23N3O2. The fourth-order valence-corrected chi connectivity index (χ4v) is 2.31. The third-order valence-electron chi connectivity index (χ3n) is 3.68. The Morgan fingerprint density at radius 3 is 2.59 bits per heavy atom. The van der Waals surface area contributed by atoms with Gasteiger partial charge in [-0.05, 0) is 36.1 Å². The van der Waals surface area contributed by atoms with Gasteiger partial charge in [0.15, 0.2) is 0 Å². The maximum Gasteiger partial charge on any atom is 0.251 e. The summed E-state index contributed by atoms with van der Waals surface area (Å²) in [5, 5.41) is 16.2. The van der Waals surface area contributed by atoms with Crippen molar-refractivity contribution in [2.45, 2.75) is 32.9 Å². The van der Waals surface area contributed by atoms with Gasteiger partial charge in [-0.15, -0.1) is 0 Å². The number of carbonyl (C=O) groups is 1. The first kappa shape index (κ1) is 16.2. The highest BCUT2D eigenvalue weighted by molar-refractivity contribution is 5.94. The Kier molecular flexibility index (Phi) is 5.72. The van der Waals surface area contributed by atoms with Crippen LogP contribution in [0.4, 0.5) is 0 Å². The average molecular weight is 301 g/mol. The van der Waals surface area contributed by atoms with Crippen LogP contribution in [0.25, 0.3) is 0 Å². The van der Waals surface area contributed by atoms with Crippen molar-refractivity contribution in [2.24, 2.45) is 5.92 Å². The smallest absolute Gasteiger partial charge is 0.251 e. The number of benzene rings is 1. The van der Waals surface area contributed by atoms with Crippen LogP contribution in [0.3, 0.4) is 0 Å². The molecule has 0 aliphatic carbocycles. The van der Waals surface area contributed by atoms with Crippen molar-refractivity contribution in [2.75, 3.05) is 6.61 Å². The van der Waals surface area contributed by atoms with Crippen molar-refractivity contribution < 1.29 is 9.90 Å². The topological polar surface area (TPSA) is 67.2 Å². The van der Waals surface area contributed by atoms with Crippen molar-refractivity contribution in [3.8, 4) is 0 Å². The van der Waals surface area contributed by atoms with Crippen LogP contribution in [0.15, 0.2) is 42.7 Å². The molecule has 0 saturated carbocycles. The number of nitrogens with zero attached hydrogens (tertiary/aromatic N) is 2. The summed E-state index contributed by atoms with van der Waals surface area (Å²) in [5.74, 6) is 0.188. The van der Waals surface area contributed by atoms with E-state index in [9.17, 15) is 4.79 Å². The monoisotopic (exact) mass is 301 g/mol. The van der Waals surface area contributed by atoms with E-state index in [2.05, 4.69) is 10.4 Å². The van der Waals surface area contributed by atoms with Crippen LogP contribution in [0.2, 0.25) is 0 Å². The molecule has 2 rings (SSSR count). The van der Waals surface area contributed by atoms with Crippen LogP contribution in [0.1, 0.15) is 36.2 Å². The van der Waals surface area contributed by atoms with Crippen LogP contribution in [0.5, 0.6) is 0 Å². The first-order valence-corrected chi connectivity index (χ1v) is 7.58. The zero-order valence-corrected chi connectivity index (χ0v) is 13.1. The number of aliphatic hydroxyl groups is 1. The molecule has 1 heterocycles. The zero-order chi connectivity index (χ0) is 15.9. The lowest BCUT2D eigenvalue weighted by atomic mass is 10.0. The maximum absolute atomic E-state index is 12.3. The minimum absolute atomic E-state index is 0.0127. The number of nitrogens with one attached hydrogen (secondary N) is 1. The molecule has 0 aliphatic heterocycles. The SMILES string of the molecule is CC(C)C(CCO)NC(=O)c1ccc(Cn2cccn2)cc1. The van der Waals surface area contributed by atoms with E-state index in [-0.39, 0.29) is 24.5 Å². The molecule has 0 saturated heterocycles. The first-order chi connectivity index (χ1) is 10.6. The molecule has 0 fully saturated rings. The highest BCUT2D eigenvalue weighted by Gasteiger charge is 2.16. The first-order valence-electron chi connectivity index (χ1n) is 7.58. The number of hydrogen-bond donors (Lipinski definition) is 2. The second-order valence-electron chi connectivity index (χ2n) is 5.74. The van der Waals surface area contributed by atoms with E-state index in [4.69, 9.17) is 5.11 Å². The van der Waals surface area contributed by atoms with E-state index < -0.39 is 0 Å². The number of hydrogen-bond acceptors (Lipinski definition) is 3. The van der Waals surface area contributed by atoms with Crippen molar-refractivity contribution in [3.05, 3.63) is 53.9 Å². The Balaban J connectivity index is 1.98. The molecule has 5 heteroatoms. The van der Waals surface area contributed by atoms with Crippen molar-refractivity contribution >= 4 is 5.91 Å². The van der Waals surface area contributed by atoms with Crippen molar-refractivity contribution in [3.63, 3.8) is 0 Å². The molecule has 0 radical (unpaired) electrons. The van der Waals surface area contributed by atoms with E-state index in [1.807, 2.05) is 55.1 Å². The number of rotatable bonds is 7. The van der Waals surface area contributed by atoms with E-state index in [0.29, 0.717) is 18.5 Å². The Morgan fingerprint density at radius 2 is 2.05 bits per heavy atom. The molecule has 118 valence electrons. The van der Waals surface area contributed by atoms with E-state index in [1.54, 1.807) is 6.20 Å². The van der Waals surface area contributed by atoms with Gasteiger partial charge in [-0.2, -0.15) is 5.10 Å². The Bertz CT molecular complexity index is 576. The van der Waals surface area contributed by atoms with Crippen molar-refractivity contribution in [1.29, 1.82) is 0 Å². The van der Waals surface area contributed by atoms with Gasteiger partial charge in [-0.25, -0.2) is 0 Å². The molecule has 1 aromatic heterocycles. The van der Waals surface area contributed by atoms with Crippen LogP contribution in [0, 0.1) is 5.92 Å². The van der Waals surface area contributed by atoms with Gasteiger partial charge < -0.3 is 10.4 Å². The molecule has 1 unspecified atom stereocenters. The molecule has 0 bridgehead atoms. The number of aliphatic hydroxyl groups excluding tert-OH is 1. The predicted octanol–water partition coefficient (Wildman–Crippen LogP) is 2.07. The molecule has 1 aromatic carbocycles. The Labute approximate surface area is 131 Å². The highest BCUT2D eigenvalue weighted by atomic mass is 16.3. The van der Waals surface area contributed by atoms with Crippen LogP contribution >= 0.6 is 0 Å². The third-order valence-corrected chi connectivity index (χ3v) is 3.68. The van der Waals surface area contributed by atoms with Gasteiger partial charge in [0.25, 0.3) is 5.91 Å². The molecule has 1 atom stereocenters. The second kappa shape index (κ2) is 7.75. The van der Waals surface area contributed by atoms with Crippen LogP contribution in [-0.2, 0) is 6.54 Å². The number of amides is 1. The van der Waals surface area contributed by atoms with Gasteiger partial charge in [0, 0.05) is 30.6 Å². The van der Waals surface area contributed by atoms with Crippen LogP contribution < -0.4 is 5.32 Å². The minimum atomic E-state index is -0.0993. The number of carbonyl (C=O) groups excluding carboxylic acids is 1. The molecule has 2 N–H and O–H groups in total. The maximum atomic E-state index is 12.3. The standard InChI is InChI=1S/C17H23N3O2/c1-13(2)16(8-11-21)19-17(22)15-6-4-14(5-7-15)12-20-10-3-9-18-20/h3-7,9-10,13,16,21H,8,11-12H2,1-2H3,(H,19,22). The molecule has 5 nitrogen and oxygen atoms in total. The van der Waals surface area contributed by atoms with Crippen molar-refractivity contribution in [1.82, 2.24) is 15.1 Å². The van der Waals surface area contributed by atoms with Gasteiger partial charge in [-0.1, -0.05) is 26.0 Å². The Hall–Kier alpha value is -2.14. The molecule has 0 spiro atoms. The summed E-state index contributed by atoms with van der Waals surface area (Å²) in [7, 11) is 0. The molecule has 1 amide bonds. The minimum Gasteiger partial charge on any atom is -0.396 e. The van der Waals surface area contributed by atoms with Gasteiger partial charge in [0.2, 0.25) is 0 Å². The summed E-state index contributed by atoms with van der Waals surface area (Å²) in [6, 6.07) is 9.39. The lowest BCUT2D eigenvalue weighted by Crippen LogP contribution is -2.39. The number of aromatic nitrogens is 2. The summed E-state index contributed by atoms with van der Waals surface area (Å²) < 4.78 is 1.84. The zero-order valence-electron chi connectivity index (χ0n) is 13.1. The summed E-state index contributed by atoms with van der Waals surface area (Å²) in [5.41, 5.74) is 1.73. The average Bonchev–Trinajstić information content (AvgIpc) is 3.00.